The Labute approximate surface area is 87.4 Å². The van der Waals surface area contributed by atoms with E-state index in [0.29, 0.717) is 21.1 Å². The average molecular weight is 256 g/mol. The van der Waals surface area contributed by atoms with Gasteiger partial charge in [-0.2, -0.15) is 0 Å². The van der Waals surface area contributed by atoms with Gasteiger partial charge in [0, 0.05) is 9.86 Å². The number of halogens is 1. The van der Waals surface area contributed by atoms with Crippen LogP contribution in [0.15, 0.2) is 27.1 Å². The molecular weight excluding hydrogens is 250 g/mol. The monoisotopic (exact) mass is 255 g/mol. The van der Waals surface area contributed by atoms with Gasteiger partial charge in [0.05, 0.1) is 5.69 Å². The molecule has 0 aliphatic carbocycles. The summed E-state index contributed by atoms with van der Waals surface area (Å²) in [6.07, 6.45) is 0. The molecule has 0 atom stereocenters. The summed E-state index contributed by atoms with van der Waals surface area (Å²) in [5, 5.41) is 9.38. The number of nitrogen functional groups attached to an aromatic ring is 1. The van der Waals surface area contributed by atoms with Crippen molar-refractivity contribution in [1.29, 1.82) is 0 Å². The topological polar surface area (TPSA) is 76.5 Å². The first-order valence-electron chi connectivity index (χ1n) is 3.80. The maximum absolute atomic E-state index is 10.6. The van der Waals surface area contributed by atoms with Crippen molar-refractivity contribution < 1.29 is 14.3 Å². The van der Waals surface area contributed by atoms with E-state index in [1.165, 1.54) is 6.07 Å². The van der Waals surface area contributed by atoms with Crippen LogP contribution in [0.25, 0.3) is 11.0 Å². The minimum atomic E-state index is -1.10. The highest BCUT2D eigenvalue weighted by Gasteiger charge is 2.13. The van der Waals surface area contributed by atoms with Crippen molar-refractivity contribution in [1.82, 2.24) is 0 Å². The number of hydrogen-bond donors (Lipinski definition) is 2. The van der Waals surface area contributed by atoms with Crippen molar-refractivity contribution >= 4 is 38.6 Å². The third-order valence-electron chi connectivity index (χ3n) is 1.88. The Bertz CT molecular complexity index is 518. The van der Waals surface area contributed by atoms with Gasteiger partial charge in [-0.15, -0.1) is 0 Å². The van der Waals surface area contributed by atoms with E-state index in [4.69, 9.17) is 15.3 Å². The number of nitrogens with two attached hydrogens (primary N) is 1. The lowest BCUT2D eigenvalue weighted by atomic mass is 10.2. The summed E-state index contributed by atoms with van der Waals surface area (Å²) < 4.78 is 5.78. The van der Waals surface area contributed by atoms with Gasteiger partial charge < -0.3 is 15.3 Å². The molecule has 0 saturated carbocycles. The molecule has 3 N–H and O–H groups in total. The van der Waals surface area contributed by atoms with Gasteiger partial charge >= 0.3 is 5.97 Å². The van der Waals surface area contributed by atoms with Gasteiger partial charge in [-0.05, 0) is 34.1 Å². The summed E-state index contributed by atoms with van der Waals surface area (Å²) in [5.74, 6) is -1.21. The third-order valence-corrected chi connectivity index (χ3v) is 2.57. The Hall–Kier alpha value is -1.49. The number of benzene rings is 1. The van der Waals surface area contributed by atoms with E-state index in [1.54, 1.807) is 12.1 Å². The fraction of sp³-hybridized carbons (Fsp3) is 0. The minimum absolute atomic E-state index is 0.107. The second-order valence-electron chi connectivity index (χ2n) is 2.80. The molecule has 1 heterocycles. The summed E-state index contributed by atoms with van der Waals surface area (Å²) in [4.78, 5) is 10.6. The zero-order chi connectivity index (χ0) is 10.3. The standard InChI is InChI=1S/C9H6BrNO3/c10-5-2-1-4-3-6(9(12)13)14-8(4)7(5)11/h1-3H,11H2,(H,12,13). The first-order chi connectivity index (χ1) is 6.59. The molecule has 0 unspecified atom stereocenters. The fourth-order valence-corrected chi connectivity index (χ4v) is 1.52. The van der Waals surface area contributed by atoms with E-state index in [2.05, 4.69) is 15.9 Å². The van der Waals surface area contributed by atoms with Gasteiger partial charge in [-0.1, -0.05) is 0 Å². The van der Waals surface area contributed by atoms with Crippen molar-refractivity contribution in [2.45, 2.75) is 0 Å². The number of furan rings is 1. The van der Waals surface area contributed by atoms with Crippen LogP contribution in [0, 0.1) is 0 Å². The quantitative estimate of drug-likeness (QED) is 0.768. The molecular formula is C9H6BrNO3. The second-order valence-corrected chi connectivity index (χ2v) is 3.65. The van der Waals surface area contributed by atoms with Crippen LogP contribution >= 0.6 is 15.9 Å². The number of hydrogen-bond acceptors (Lipinski definition) is 3. The van der Waals surface area contributed by atoms with Gasteiger partial charge in [-0.25, -0.2) is 4.79 Å². The molecule has 72 valence electrons. The maximum atomic E-state index is 10.6. The van der Waals surface area contributed by atoms with Crippen LogP contribution in [0.3, 0.4) is 0 Å². The highest BCUT2D eigenvalue weighted by molar-refractivity contribution is 9.10. The lowest BCUT2D eigenvalue weighted by Gasteiger charge is -1.96. The lowest BCUT2D eigenvalue weighted by molar-refractivity contribution is 0.0665. The summed E-state index contributed by atoms with van der Waals surface area (Å²) in [7, 11) is 0. The smallest absolute Gasteiger partial charge is 0.371 e. The first-order valence-corrected chi connectivity index (χ1v) is 4.59. The summed E-state index contributed by atoms with van der Waals surface area (Å²) in [6.45, 7) is 0. The maximum Gasteiger partial charge on any atom is 0.371 e. The predicted molar refractivity (Wildman–Crippen MR) is 55.3 cm³/mol. The fourth-order valence-electron chi connectivity index (χ4n) is 1.21. The molecule has 5 heteroatoms. The van der Waals surface area contributed by atoms with Crippen molar-refractivity contribution in [2.24, 2.45) is 0 Å². The van der Waals surface area contributed by atoms with Crippen LogP contribution in [-0.4, -0.2) is 11.1 Å². The van der Waals surface area contributed by atoms with Crippen LogP contribution in [0.1, 0.15) is 10.6 Å². The number of carboxylic acids is 1. The van der Waals surface area contributed by atoms with E-state index in [1.807, 2.05) is 0 Å². The molecule has 0 radical (unpaired) electrons. The van der Waals surface area contributed by atoms with Crippen LogP contribution in [0.4, 0.5) is 5.69 Å². The number of anilines is 1. The zero-order valence-electron chi connectivity index (χ0n) is 6.95. The Morgan fingerprint density at radius 2 is 2.21 bits per heavy atom. The number of carbonyl (C=O) groups is 1. The molecule has 0 amide bonds. The zero-order valence-corrected chi connectivity index (χ0v) is 8.54. The average Bonchev–Trinajstić information content (AvgIpc) is 2.56. The minimum Gasteiger partial charge on any atom is -0.475 e. The SMILES string of the molecule is Nc1c(Br)ccc2cc(C(=O)O)oc12. The largest absolute Gasteiger partial charge is 0.475 e. The van der Waals surface area contributed by atoms with Crippen LogP contribution in [0.2, 0.25) is 0 Å². The lowest BCUT2D eigenvalue weighted by Crippen LogP contribution is -1.91. The third kappa shape index (κ3) is 1.26. The molecule has 0 aliphatic rings. The molecule has 0 aliphatic heterocycles. The molecule has 0 saturated heterocycles. The number of aromatic carboxylic acids is 1. The van der Waals surface area contributed by atoms with Crippen molar-refractivity contribution in [2.75, 3.05) is 5.73 Å². The molecule has 4 nitrogen and oxygen atoms in total. The molecule has 0 bridgehead atoms. The van der Waals surface area contributed by atoms with E-state index in [0.717, 1.165) is 0 Å². The normalized spacial score (nSPS) is 10.6. The van der Waals surface area contributed by atoms with Crippen LogP contribution in [0.5, 0.6) is 0 Å². The molecule has 0 spiro atoms. The van der Waals surface area contributed by atoms with Crippen molar-refractivity contribution in [3.63, 3.8) is 0 Å². The van der Waals surface area contributed by atoms with Crippen molar-refractivity contribution in [3.8, 4) is 0 Å². The van der Waals surface area contributed by atoms with Gasteiger partial charge in [0.15, 0.2) is 5.58 Å². The molecule has 1 aromatic heterocycles. The highest BCUT2D eigenvalue weighted by atomic mass is 79.9. The van der Waals surface area contributed by atoms with Crippen LogP contribution in [-0.2, 0) is 0 Å². The van der Waals surface area contributed by atoms with E-state index in [-0.39, 0.29) is 5.76 Å². The van der Waals surface area contributed by atoms with Crippen molar-refractivity contribution in [3.05, 3.63) is 28.4 Å². The molecule has 0 fully saturated rings. The second kappa shape index (κ2) is 3.02. The van der Waals surface area contributed by atoms with Gasteiger partial charge in [0.1, 0.15) is 0 Å². The highest BCUT2D eigenvalue weighted by Crippen LogP contribution is 2.30. The Kier molecular flexibility index (Phi) is 1.96. The molecule has 14 heavy (non-hydrogen) atoms. The van der Waals surface area contributed by atoms with E-state index >= 15 is 0 Å². The van der Waals surface area contributed by atoms with Gasteiger partial charge in [-0.3, -0.25) is 0 Å². The number of rotatable bonds is 1. The summed E-state index contributed by atoms with van der Waals surface area (Å²) >= 11 is 3.23. The number of carboxylic acid groups (broad SMARTS) is 1. The summed E-state index contributed by atoms with van der Waals surface area (Å²) in [5.41, 5.74) is 6.51. The Morgan fingerprint density at radius 3 is 2.86 bits per heavy atom. The molecule has 1 aromatic carbocycles. The Balaban J connectivity index is 2.77. The van der Waals surface area contributed by atoms with E-state index in [9.17, 15) is 4.79 Å². The van der Waals surface area contributed by atoms with E-state index < -0.39 is 5.97 Å². The van der Waals surface area contributed by atoms with Gasteiger partial charge in [0.2, 0.25) is 5.76 Å². The predicted octanol–water partition coefficient (Wildman–Crippen LogP) is 2.48. The number of fused-ring (bicyclic) bond motifs is 1. The molecule has 2 aromatic rings. The van der Waals surface area contributed by atoms with Crippen LogP contribution < -0.4 is 5.73 Å². The first kappa shape index (κ1) is 9.08. The van der Waals surface area contributed by atoms with Gasteiger partial charge in [0.25, 0.3) is 0 Å². The Morgan fingerprint density at radius 1 is 1.50 bits per heavy atom. The summed E-state index contributed by atoms with van der Waals surface area (Å²) in [6, 6.07) is 4.94. The molecule has 2 rings (SSSR count).